The van der Waals surface area contributed by atoms with Gasteiger partial charge in [0, 0.05) is 20.6 Å². The number of carbonyl (C=O) groups is 2. The minimum Gasteiger partial charge on any atom is -0.457 e. The average Bonchev–Trinajstić information content (AvgIpc) is 3.21. The summed E-state index contributed by atoms with van der Waals surface area (Å²) < 4.78 is 5.73. The molecule has 4 rings (SSSR count). The second kappa shape index (κ2) is 7.36. The van der Waals surface area contributed by atoms with Crippen LogP contribution in [-0.2, 0) is 9.59 Å². The first-order valence-electron chi connectivity index (χ1n) is 8.10. The number of hydrazine groups is 1. The van der Waals surface area contributed by atoms with E-state index in [2.05, 4.69) is 5.43 Å². The van der Waals surface area contributed by atoms with Gasteiger partial charge in [0.15, 0.2) is 0 Å². The predicted octanol–water partition coefficient (Wildman–Crippen LogP) is 5.37. The normalized spacial score (nSPS) is 15.4. The van der Waals surface area contributed by atoms with Gasteiger partial charge in [-0.25, -0.2) is 5.01 Å². The largest absolute Gasteiger partial charge is 0.457 e. The number of rotatable bonds is 3. The van der Waals surface area contributed by atoms with Gasteiger partial charge in [-0.1, -0.05) is 40.9 Å². The first kappa shape index (κ1) is 18.6. The molecule has 140 valence electrons. The van der Waals surface area contributed by atoms with Crippen LogP contribution in [0.1, 0.15) is 5.76 Å². The molecular weight excluding hydrogens is 423 g/mol. The van der Waals surface area contributed by atoms with Crippen LogP contribution in [-0.4, -0.2) is 11.8 Å². The third-order valence-corrected chi connectivity index (χ3v) is 4.69. The molecule has 1 N–H and O–H groups in total. The maximum atomic E-state index is 12.7. The zero-order valence-electron chi connectivity index (χ0n) is 14.1. The van der Waals surface area contributed by atoms with E-state index >= 15 is 0 Å². The summed E-state index contributed by atoms with van der Waals surface area (Å²) in [5.74, 6) is -0.184. The standard InChI is InChI=1S/C20H11Cl3N2O3/c21-12-2-1-3-15(9-12)25-20(27)17(19(26)24-25)10-16-4-5-18(28-16)11-6-13(22)8-14(23)7-11/h1-10H,(H,24,26)/b17-10+. The number of nitrogens with one attached hydrogen (secondary N) is 1. The number of hydrogen-bond acceptors (Lipinski definition) is 3. The lowest BCUT2D eigenvalue weighted by molar-refractivity contribution is -0.117. The van der Waals surface area contributed by atoms with Gasteiger partial charge in [0.25, 0.3) is 11.8 Å². The summed E-state index contributed by atoms with van der Waals surface area (Å²) in [6.45, 7) is 0. The SMILES string of the molecule is O=C1NN(c2cccc(Cl)c2)C(=O)/C1=C/c1ccc(-c2cc(Cl)cc(Cl)c2)o1. The Balaban J connectivity index is 1.63. The van der Waals surface area contributed by atoms with Gasteiger partial charge >= 0.3 is 0 Å². The number of carbonyl (C=O) groups excluding carboxylic acids is 2. The molecule has 3 aromatic rings. The number of amides is 2. The molecule has 1 aromatic heterocycles. The molecule has 28 heavy (non-hydrogen) atoms. The molecular formula is C20H11Cl3N2O3. The Morgan fingerprint density at radius 3 is 2.36 bits per heavy atom. The Morgan fingerprint density at radius 1 is 0.893 bits per heavy atom. The van der Waals surface area contributed by atoms with Gasteiger partial charge in [0.05, 0.1) is 5.69 Å². The van der Waals surface area contributed by atoms with Crippen molar-refractivity contribution in [3.05, 3.63) is 81.0 Å². The summed E-state index contributed by atoms with van der Waals surface area (Å²) in [5.41, 5.74) is 3.61. The van der Waals surface area contributed by atoms with Crippen molar-refractivity contribution in [2.75, 3.05) is 5.01 Å². The molecule has 0 spiro atoms. The number of anilines is 1. The number of benzene rings is 2. The van der Waals surface area contributed by atoms with E-state index in [9.17, 15) is 9.59 Å². The summed E-state index contributed by atoms with van der Waals surface area (Å²) in [4.78, 5) is 24.9. The first-order valence-corrected chi connectivity index (χ1v) is 9.23. The van der Waals surface area contributed by atoms with E-state index < -0.39 is 11.8 Å². The third kappa shape index (κ3) is 3.64. The highest BCUT2D eigenvalue weighted by molar-refractivity contribution is 6.35. The topological polar surface area (TPSA) is 62.6 Å². The van der Waals surface area contributed by atoms with Crippen molar-refractivity contribution in [3.8, 4) is 11.3 Å². The van der Waals surface area contributed by atoms with E-state index in [1.165, 1.54) is 6.08 Å². The van der Waals surface area contributed by atoms with Crippen LogP contribution in [0.3, 0.4) is 0 Å². The minimum atomic E-state index is -0.534. The van der Waals surface area contributed by atoms with Crippen LogP contribution in [0.15, 0.2) is 64.6 Å². The molecule has 1 saturated heterocycles. The average molecular weight is 434 g/mol. The van der Waals surface area contributed by atoms with Gasteiger partial charge < -0.3 is 4.42 Å². The van der Waals surface area contributed by atoms with Crippen LogP contribution in [0, 0.1) is 0 Å². The molecule has 2 aromatic carbocycles. The van der Waals surface area contributed by atoms with Crippen molar-refractivity contribution in [1.82, 2.24) is 5.43 Å². The maximum absolute atomic E-state index is 12.7. The van der Waals surface area contributed by atoms with E-state index in [0.717, 1.165) is 5.01 Å². The fraction of sp³-hybridized carbons (Fsp3) is 0. The van der Waals surface area contributed by atoms with Gasteiger partial charge in [0.1, 0.15) is 17.1 Å². The minimum absolute atomic E-state index is 0.0509. The van der Waals surface area contributed by atoms with Crippen molar-refractivity contribution >= 4 is 58.4 Å². The van der Waals surface area contributed by atoms with E-state index in [1.807, 2.05) is 0 Å². The summed E-state index contributed by atoms with van der Waals surface area (Å²) in [7, 11) is 0. The van der Waals surface area contributed by atoms with Gasteiger partial charge in [-0.05, 0) is 54.6 Å². The van der Waals surface area contributed by atoms with Gasteiger partial charge in [-0.2, -0.15) is 0 Å². The van der Waals surface area contributed by atoms with E-state index in [1.54, 1.807) is 54.6 Å². The molecule has 2 amide bonds. The van der Waals surface area contributed by atoms with Crippen LogP contribution in [0.2, 0.25) is 15.1 Å². The van der Waals surface area contributed by atoms with Crippen LogP contribution in [0.4, 0.5) is 5.69 Å². The van der Waals surface area contributed by atoms with Crippen LogP contribution in [0.5, 0.6) is 0 Å². The Bertz CT molecular complexity index is 1120. The Hall–Kier alpha value is -2.73. The Kier molecular flexibility index (Phi) is 4.89. The lowest BCUT2D eigenvalue weighted by Crippen LogP contribution is -2.35. The lowest BCUT2D eigenvalue weighted by Gasteiger charge is -2.14. The Labute approximate surface area is 175 Å². The second-order valence-electron chi connectivity index (χ2n) is 5.98. The highest BCUT2D eigenvalue weighted by Gasteiger charge is 2.34. The summed E-state index contributed by atoms with van der Waals surface area (Å²) in [6, 6.07) is 15.0. The van der Waals surface area contributed by atoms with Crippen molar-refractivity contribution in [2.45, 2.75) is 0 Å². The first-order chi connectivity index (χ1) is 13.4. The van der Waals surface area contributed by atoms with Gasteiger partial charge in [-0.15, -0.1) is 0 Å². The Morgan fingerprint density at radius 2 is 1.64 bits per heavy atom. The zero-order chi connectivity index (χ0) is 19.8. The molecule has 8 heteroatoms. The fourth-order valence-corrected chi connectivity index (χ4v) is 3.49. The van der Waals surface area contributed by atoms with Gasteiger partial charge in [0.2, 0.25) is 0 Å². The predicted molar refractivity (Wildman–Crippen MR) is 109 cm³/mol. The number of furan rings is 1. The highest BCUT2D eigenvalue weighted by Crippen LogP contribution is 2.30. The number of halogens is 3. The monoisotopic (exact) mass is 432 g/mol. The molecule has 0 radical (unpaired) electrons. The molecule has 0 aliphatic carbocycles. The summed E-state index contributed by atoms with van der Waals surface area (Å²) in [6.07, 6.45) is 1.39. The van der Waals surface area contributed by atoms with Crippen LogP contribution in [0.25, 0.3) is 17.4 Å². The molecule has 1 fully saturated rings. The molecule has 2 heterocycles. The third-order valence-electron chi connectivity index (χ3n) is 4.02. The number of nitrogens with zero attached hydrogens (tertiary/aromatic N) is 1. The number of hydrogen-bond donors (Lipinski definition) is 1. The molecule has 0 bridgehead atoms. The summed E-state index contributed by atoms with van der Waals surface area (Å²) in [5, 5.41) is 2.54. The van der Waals surface area contributed by atoms with E-state index in [-0.39, 0.29) is 5.57 Å². The quantitative estimate of drug-likeness (QED) is 0.446. The van der Waals surface area contributed by atoms with Crippen molar-refractivity contribution in [1.29, 1.82) is 0 Å². The molecule has 0 unspecified atom stereocenters. The van der Waals surface area contributed by atoms with Crippen LogP contribution < -0.4 is 10.4 Å². The van der Waals surface area contributed by atoms with Crippen molar-refractivity contribution < 1.29 is 14.0 Å². The molecule has 0 atom stereocenters. The molecule has 5 nitrogen and oxygen atoms in total. The highest BCUT2D eigenvalue weighted by atomic mass is 35.5. The molecule has 1 aliphatic rings. The fourth-order valence-electron chi connectivity index (χ4n) is 2.78. The molecule has 1 aliphatic heterocycles. The van der Waals surface area contributed by atoms with E-state index in [0.29, 0.717) is 37.8 Å². The van der Waals surface area contributed by atoms with Gasteiger partial charge in [-0.3, -0.25) is 15.0 Å². The van der Waals surface area contributed by atoms with Crippen molar-refractivity contribution in [3.63, 3.8) is 0 Å². The second-order valence-corrected chi connectivity index (χ2v) is 7.29. The zero-order valence-corrected chi connectivity index (χ0v) is 16.3. The maximum Gasteiger partial charge on any atom is 0.282 e. The van der Waals surface area contributed by atoms with Crippen LogP contribution >= 0.6 is 34.8 Å². The van der Waals surface area contributed by atoms with E-state index in [4.69, 9.17) is 39.2 Å². The molecule has 0 saturated carbocycles. The summed E-state index contributed by atoms with van der Waals surface area (Å²) >= 11 is 18.0. The van der Waals surface area contributed by atoms with Crippen molar-refractivity contribution in [2.24, 2.45) is 0 Å². The lowest BCUT2D eigenvalue weighted by atomic mass is 10.2. The smallest absolute Gasteiger partial charge is 0.282 e.